The molecule has 3 N–H and O–H groups in total. The zero-order valence-electron chi connectivity index (χ0n) is 15.1. The number of hydrogen-bond acceptors (Lipinski definition) is 3. The third kappa shape index (κ3) is 5.35. The molecule has 0 saturated carbocycles. The highest BCUT2D eigenvalue weighted by Gasteiger charge is 2.13. The Bertz CT molecular complexity index is 1080. The number of hydrogen-bond donors (Lipinski definition) is 3. The Labute approximate surface area is 168 Å². The lowest BCUT2D eigenvalue weighted by atomic mass is 10.2. The third-order valence-corrected chi connectivity index (χ3v) is 4.14. The number of aliphatic imine (C=N–C) groups is 1. The maximum absolute atomic E-state index is 13.4. The number of aromatic nitrogens is 2. The average molecular weight is 422 g/mol. The molecule has 6 nitrogen and oxygen atoms in total. The molecule has 2 aromatic carbocycles. The largest absolute Gasteiger partial charge is 0.309 e. The molecule has 0 spiro atoms. The normalized spacial score (nSPS) is 11.4. The first-order chi connectivity index (χ1) is 13.8. The van der Waals surface area contributed by atoms with Crippen LogP contribution in [-0.4, -0.2) is 22.1 Å². The summed E-state index contributed by atoms with van der Waals surface area (Å²) in [5, 5.41) is 12.2. The van der Waals surface area contributed by atoms with Gasteiger partial charge in [0.2, 0.25) is 5.96 Å². The third-order valence-electron chi connectivity index (χ3n) is 3.79. The molecule has 0 fully saturated rings. The van der Waals surface area contributed by atoms with Gasteiger partial charge in [0, 0.05) is 22.3 Å². The van der Waals surface area contributed by atoms with Gasteiger partial charge >= 0.3 is 0 Å². The molecule has 0 unspecified atom stereocenters. The summed E-state index contributed by atoms with van der Waals surface area (Å²) in [6, 6.07) is 8.29. The van der Waals surface area contributed by atoms with Gasteiger partial charge < -0.3 is 5.32 Å². The minimum absolute atomic E-state index is 0.00775. The summed E-state index contributed by atoms with van der Waals surface area (Å²) >= 11 is 6.00. The monoisotopic (exact) mass is 421 g/mol. The predicted molar refractivity (Wildman–Crippen MR) is 103 cm³/mol. The van der Waals surface area contributed by atoms with E-state index in [2.05, 4.69) is 25.8 Å². The van der Waals surface area contributed by atoms with Crippen LogP contribution in [0.1, 0.15) is 21.6 Å². The van der Waals surface area contributed by atoms with Crippen molar-refractivity contribution in [3.63, 3.8) is 0 Å². The van der Waals surface area contributed by atoms with Crippen LogP contribution in [0.3, 0.4) is 0 Å². The fourth-order valence-electron chi connectivity index (χ4n) is 2.34. The Kier molecular flexibility index (Phi) is 6.18. The molecule has 0 atom stereocenters. The van der Waals surface area contributed by atoms with E-state index in [1.807, 2.05) is 0 Å². The molecule has 29 heavy (non-hydrogen) atoms. The fraction of sp³-hybridized carbons (Fsp3) is 0.105. The Hall–Kier alpha value is -3.33. The molecule has 1 heterocycles. The van der Waals surface area contributed by atoms with Gasteiger partial charge in [0.05, 0.1) is 6.54 Å². The molecule has 3 aromatic rings. The zero-order chi connectivity index (χ0) is 21.0. The predicted octanol–water partition coefficient (Wildman–Crippen LogP) is 4.19. The number of H-pyrrole nitrogens is 1. The first-order valence-electron chi connectivity index (χ1n) is 8.35. The quantitative estimate of drug-likeness (QED) is 0.436. The van der Waals surface area contributed by atoms with E-state index in [9.17, 15) is 18.0 Å². The van der Waals surface area contributed by atoms with Gasteiger partial charge in [-0.3, -0.25) is 15.2 Å². The second kappa shape index (κ2) is 8.78. The molecular formula is C19H15ClF3N5O. The number of halogens is 4. The molecular weight excluding hydrogens is 407 g/mol. The fourth-order valence-corrected chi connectivity index (χ4v) is 2.57. The first kappa shape index (κ1) is 20.4. The summed E-state index contributed by atoms with van der Waals surface area (Å²) in [6.45, 7) is 1.80. The topological polar surface area (TPSA) is 82.2 Å². The highest BCUT2D eigenvalue weighted by atomic mass is 35.5. The van der Waals surface area contributed by atoms with E-state index in [1.165, 1.54) is 12.1 Å². The number of aryl methyl sites for hydroxylation is 1. The lowest BCUT2D eigenvalue weighted by Gasteiger charge is -2.11. The van der Waals surface area contributed by atoms with Crippen LogP contribution in [0.25, 0.3) is 0 Å². The second-order valence-electron chi connectivity index (χ2n) is 6.04. The van der Waals surface area contributed by atoms with Crippen LogP contribution in [0.5, 0.6) is 0 Å². The summed E-state index contributed by atoms with van der Waals surface area (Å²) in [4.78, 5) is 16.7. The number of benzene rings is 2. The van der Waals surface area contributed by atoms with Gasteiger partial charge in [0.15, 0.2) is 17.5 Å². The minimum Gasteiger partial charge on any atom is -0.309 e. The number of anilines is 1. The lowest BCUT2D eigenvalue weighted by Crippen LogP contribution is -2.36. The Morgan fingerprint density at radius 3 is 2.59 bits per heavy atom. The van der Waals surface area contributed by atoms with E-state index in [-0.39, 0.29) is 23.1 Å². The number of amides is 1. The summed E-state index contributed by atoms with van der Waals surface area (Å²) < 4.78 is 39.7. The van der Waals surface area contributed by atoms with Crippen molar-refractivity contribution < 1.29 is 18.0 Å². The van der Waals surface area contributed by atoms with Crippen LogP contribution >= 0.6 is 11.6 Å². The van der Waals surface area contributed by atoms with Crippen LogP contribution in [0.4, 0.5) is 19.0 Å². The molecule has 150 valence electrons. The molecule has 0 aliphatic carbocycles. The number of nitrogens with zero attached hydrogens (tertiary/aromatic N) is 2. The zero-order valence-corrected chi connectivity index (χ0v) is 15.8. The van der Waals surface area contributed by atoms with Crippen LogP contribution in [0, 0.1) is 24.4 Å². The molecule has 0 aliphatic rings. The standard InChI is InChI=1S/C19H15ClF3N5O/c1-10-6-17(28-27-10)25-19(24-9-12-2-4-13(21)8-14(12)20)26-18(29)11-3-5-15(22)16(23)7-11/h2-8H,9H2,1H3,(H3,24,25,26,27,28,29). The van der Waals surface area contributed by atoms with Crippen LogP contribution < -0.4 is 10.6 Å². The average Bonchev–Trinajstić information content (AvgIpc) is 3.07. The molecule has 0 bridgehead atoms. The number of aromatic amines is 1. The maximum atomic E-state index is 13.4. The van der Waals surface area contributed by atoms with E-state index < -0.39 is 23.4 Å². The Morgan fingerprint density at radius 1 is 1.14 bits per heavy atom. The van der Waals surface area contributed by atoms with Gasteiger partial charge in [-0.05, 0) is 42.8 Å². The SMILES string of the molecule is Cc1cc(NC(=NCc2ccc(F)cc2Cl)NC(=O)c2ccc(F)c(F)c2)n[nH]1. The second-order valence-corrected chi connectivity index (χ2v) is 6.45. The van der Waals surface area contributed by atoms with Gasteiger partial charge in [-0.25, -0.2) is 18.2 Å². The molecule has 3 rings (SSSR count). The molecule has 0 saturated heterocycles. The Balaban J connectivity index is 1.83. The van der Waals surface area contributed by atoms with Crippen molar-refractivity contribution in [1.82, 2.24) is 15.5 Å². The smallest absolute Gasteiger partial charge is 0.258 e. The number of carbonyl (C=O) groups excluding carboxylic acids is 1. The summed E-state index contributed by atoms with van der Waals surface area (Å²) in [5.41, 5.74) is 1.18. The highest BCUT2D eigenvalue weighted by Crippen LogP contribution is 2.18. The Morgan fingerprint density at radius 2 is 1.93 bits per heavy atom. The van der Waals surface area contributed by atoms with Gasteiger partial charge in [-0.2, -0.15) is 5.10 Å². The van der Waals surface area contributed by atoms with Crippen LogP contribution in [0.2, 0.25) is 5.02 Å². The molecule has 1 aromatic heterocycles. The molecule has 1 amide bonds. The van der Waals surface area contributed by atoms with E-state index >= 15 is 0 Å². The van der Waals surface area contributed by atoms with Crippen molar-refractivity contribution in [3.05, 3.63) is 81.8 Å². The highest BCUT2D eigenvalue weighted by molar-refractivity contribution is 6.31. The maximum Gasteiger partial charge on any atom is 0.258 e. The van der Waals surface area contributed by atoms with E-state index in [0.29, 0.717) is 11.4 Å². The van der Waals surface area contributed by atoms with E-state index in [0.717, 1.165) is 30.0 Å². The molecule has 0 aliphatic heterocycles. The van der Waals surface area contributed by atoms with Crippen molar-refractivity contribution in [2.45, 2.75) is 13.5 Å². The van der Waals surface area contributed by atoms with Crippen molar-refractivity contribution in [3.8, 4) is 0 Å². The summed E-state index contributed by atoms with van der Waals surface area (Å²) in [7, 11) is 0. The van der Waals surface area contributed by atoms with Crippen molar-refractivity contribution >= 4 is 29.3 Å². The van der Waals surface area contributed by atoms with Crippen LogP contribution in [-0.2, 0) is 6.54 Å². The van der Waals surface area contributed by atoms with Gasteiger partial charge in [0.1, 0.15) is 5.82 Å². The van der Waals surface area contributed by atoms with Crippen molar-refractivity contribution in [1.29, 1.82) is 0 Å². The molecule has 10 heteroatoms. The van der Waals surface area contributed by atoms with Crippen LogP contribution in [0.15, 0.2) is 47.5 Å². The number of carbonyl (C=O) groups is 1. The van der Waals surface area contributed by atoms with Gasteiger partial charge in [-0.1, -0.05) is 17.7 Å². The van der Waals surface area contributed by atoms with E-state index in [1.54, 1.807) is 13.0 Å². The van der Waals surface area contributed by atoms with E-state index in [4.69, 9.17) is 11.6 Å². The number of nitrogens with one attached hydrogen (secondary N) is 3. The first-order valence-corrected chi connectivity index (χ1v) is 8.73. The number of rotatable bonds is 4. The van der Waals surface area contributed by atoms with Gasteiger partial charge in [-0.15, -0.1) is 0 Å². The lowest BCUT2D eigenvalue weighted by molar-refractivity contribution is 0.0976. The molecule has 0 radical (unpaired) electrons. The van der Waals surface area contributed by atoms with Crippen molar-refractivity contribution in [2.75, 3.05) is 5.32 Å². The summed E-state index contributed by atoms with van der Waals surface area (Å²) in [6.07, 6.45) is 0. The minimum atomic E-state index is -1.15. The van der Waals surface area contributed by atoms with Crippen molar-refractivity contribution in [2.24, 2.45) is 4.99 Å². The number of guanidine groups is 1. The van der Waals surface area contributed by atoms with Gasteiger partial charge in [0.25, 0.3) is 5.91 Å². The summed E-state index contributed by atoms with van der Waals surface area (Å²) in [5.74, 6) is -3.05.